The van der Waals surface area contributed by atoms with Gasteiger partial charge < -0.3 is 4.74 Å². The number of ether oxygens (including phenoxy) is 1. The second-order valence-electron chi connectivity index (χ2n) is 6.43. The normalized spacial score (nSPS) is 26.2. The Morgan fingerprint density at radius 1 is 0.684 bits per heavy atom. The molecule has 2 aliphatic heterocycles. The third kappa shape index (κ3) is 5.05. The summed E-state index contributed by atoms with van der Waals surface area (Å²) >= 11 is 0. The van der Waals surface area contributed by atoms with Gasteiger partial charge in [-0.25, -0.2) is 0 Å². The summed E-state index contributed by atoms with van der Waals surface area (Å²) in [6.07, 6.45) is 8.30. The molecule has 19 heavy (non-hydrogen) atoms. The van der Waals surface area contributed by atoms with E-state index in [2.05, 4.69) is 23.6 Å². The SMILES string of the molecule is CC(COCC(C)N1CCCCC1)N1CCCCC1. The van der Waals surface area contributed by atoms with Gasteiger partial charge in [-0.05, 0) is 65.7 Å². The van der Waals surface area contributed by atoms with Crippen LogP contribution in [0.25, 0.3) is 0 Å². The molecule has 0 bridgehead atoms. The van der Waals surface area contributed by atoms with Gasteiger partial charge in [-0.1, -0.05) is 12.8 Å². The van der Waals surface area contributed by atoms with Gasteiger partial charge in [0.05, 0.1) is 13.2 Å². The standard InChI is InChI=1S/C16H32N2O/c1-15(17-9-5-3-6-10-17)13-19-14-16(2)18-11-7-4-8-12-18/h15-16H,3-14H2,1-2H3. The van der Waals surface area contributed by atoms with Gasteiger partial charge in [0, 0.05) is 12.1 Å². The van der Waals surface area contributed by atoms with E-state index < -0.39 is 0 Å². The van der Waals surface area contributed by atoms with Crippen molar-refractivity contribution < 1.29 is 4.74 Å². The van der Waals surface area contributed by atoms with E-state index in [0.717, 1.165) is 13.2 Å². The number of hydrogen-bond donors (Lipinski definition) is 0. The first-order valence-electron chi connectivity index (χ1n) is 8.33. The molecule has 0 aromatic carbocycles. The zero-order valence-corrected chi connectivity index (χ0v) is 12.9. The van der Waals surface area contributed by atoms with E-state index in [4.69, 9.17) is 4.74 Å². The average molecular weight is 268 g/mol. The van der Waals surface area contributed by atoms with E-state index in [-0.39, 0.29) is 0 Å². The highest BCUT2D eigenvalue weighted by atomic mass is 16.5. The zero-order chi connectivity index (χ0) is 13.5. The molecule has 0 aromatic heterocycles. The summed E-state index contributed by atoms with van der Waals surface area (Å²) < 4.78 is 5.98. The molecule has 112 valence electrons. The third-order valence-electron chi connectivity index (χ3n) is 4.75. The largest absolute Gasteiger partial charge is 0.378 e. The number of likely N-dealkylation sites (tertiary alicyclic amines) is 2. The van der Waals surface area contributed by atoms with Crippen LogP contribution in [0, 0.1) is 0 Å². The molecule has 0 amide bonds. The second-order valence-corrected chi connectivity index (χ2v) is 6.43. The average Bonchev–Trinajstić information content (AvgIpc) is 2.49. The molecule has 2 saturated heterocycles. The topological polar surface area (TPSA) is 15.7 Å². The highest BCUT2D eigenvalue weighted by molar-refractivity contribution is 4.73. The molecule has 2 unspecified atom stereocenters. The van der Waals surface area contributed by atoms with Crippen molar-refractivity contribution in [2.45, 2.75) is 64.5 Å². The highest BCUT2D eigenvalue weighted by Crippen LogP contribution is 2.14. The minimum Gasteiger partial charge on any atom is -0.378 e. The fraction of sp³-hybridized carbons (Fsp3) is 1.00. The van der Waals surface area contributed by atoms with E-state index >= 15 is 0 Å². The Morgan fingerprint density at radius 3 is 1.42 bits per heavy atom. The Balaban J connectivity index is 1.59. The van der Waals surface area contributed by atoms with Crippen molar-refractivity contribution in [1.82, 2.24) is 9.80 Å². The maximum absolute atomic E-state index is 5.98. The van der Waals surface area contributed by atoms with Crippen LogP contribution in [0.2, 0.25) is 0 Å². The van der Waals surface area contributed by atoms with Crippen molar-refractivity contribution in [2.75, 3.05) is 39.4 Å². The van der Waals surface area contributed by atoms with E-state index in [1.165, 1.54) is 64.7 Å². The van der Waals surface area contributed by atoms with Crippen LogP contribution in [0.5, 0.6) is 0 Å². The van der Waals surface area contributed by atoms with Crippen LogP contribution in [-0.2, 0) is 4.74 Å². The van der Waals surface area contributed by atoms with Crippen molar-refractivity contribution in [3.63, 3.8) is 0 Å². The Bertz CT molecular complexity index is 211. The minimum absolute atomic E-state index is 0.592. The fourth-order valence-corrected chi connectivity index (χ4v) is 3.34. The van der Waals surface area contributed by atoms with Gasteiger partial charge in [0.15, 0.2) is 0 Å². The molecule has 0 saturated carbocycles. The Hall–Kier alpha value is -0.120. The zero-order valence-electron chi connectivity index (χ0n) is 12.9. The summed E-state index contributed by atoms with van der Waals surface area (Å²) in [5.74, 6) is 0. The van der Waals surface area contributed by atoms with E-state index in [9.17, 15) is 0 Å². The number of nitrogens with zero attached hydrogens (tertiary/aromatic N) is 2. The van der Waals surface area contributed by atoms with Crippen LogP contribution in [0.1, 0.15) is 52.4 Å². The quantitative estimate of drug-likeness (QED) is 0.737. The molecule has 0 aromatic rings. The molecule has 2 aliphatic rings. The number of hydrogen-bond acceptors (Lipinski definition) is 3. The lowest BCUT2D eigenvalue weighted by molar-refractivity contribution is 0.0219. The summed E-state index contributed by atoms with van der Waals surface area (Å²) in [7, 11) is 0. The van der Waals surface area contributed by atoms with Gasteiger partial charge in [0.2, 0.25) is 0 Å². The van der Waals surface area contributed by atoms with Gasteiger partial charge in [-0.3, -0.25) is 9.80 Å². The van der Waals surface area contributed by atoms with E-state index in [0.29, 0.717) is 12.1 Å². The first-order chi connectivity index (χ1) is 9.27. The van der Waals surface area contributed by atoms with Crippen molar-refractivity contribution in [3.05, 3.63) is 0 Å². The Labute approximate surface area is 119 Å². The summed E-state index contributed by atoms with van der Waals surface area (Å²) in [6, 6.07) is 1.18. The molecule has 0 radical (unpaired) electrons. The van der Waals surface area contributed by atoms with E-state index in [1.807, 2.05) is 0 Å². The molecule has 2 fully saturated rings. The van der Waals surface area contributed by atoms with Crippen LogP contribution in [-0.4, -0.2) is 61.3 Å². The summed E-state index contributed by atoms with van der Waals surface area (Å²) in [5.41, 5.74) is 0. The van der Waals surface area contributed by atoms with Crippen LogP contribution in [0.3, 0.4) is 0 Å². The maximum atomic E-state index is 5.98. The number of rotatable bonds is 6. The first-order valence-corrected chi connectivity index (χ1v) is 8.33. The summed E-state index contributed by atoms with van der Waals surface area (Å²) in [6.45, 7) is 11.5. The molecule has 2 atom stereocenters. The molecule has 0 N–H and O–H groups in total. The predicted molar refractivity (Wildman–Crippen MR) is 80.6 cm³/mol. The van der Waals surface area contributed by atoms with Crippen LogP contribution >= 0.6 is 0 Å². The highest BCUT2D eigenvalue weighted by Gasteiger charge is 2.19. The smallest absolute Gasteiger partial charge is 0.0619 e. The first kappa shape index (κ1) is 15.3. The van der Waals surface area contributed by atoms with Gasteiger partial charge >= 0.3 is 0 Å². The van der Waals surface area contributed by atoms with Crippen molar-refractivity contribution in [3.8, 4) is 0 Å². The predicted octanol–water partition coefficient (Wildman–Crippen LogP) is 2.75. The number of piperidine rings is 2. The monoisotopic (exact) mass is 268 g/mol. The van der Waals surface area contributed by atoms with Crippen LogP contribution in [0.15, 0.2) is 0 Å². The van der Waals surface area contributed by atoms with Gasteiger partial charge in [0.25, 0.3) is 0 Å². The molecule has 3 heteroatoms. The lowest BCUT2D eigenvalue weighted by atomic mass is 10.1. The molecular formula is C16H32N2O. The molecule has 0 spiro atoms. The summed E-state index contributed by atoms with van der Waals surface area (Å²) in [5, 5.41) is 0. The van der Waals surface area contributed by atoms with Crippen molar-refractivity contribution in [2.24, 2.45) is 0 Å². The van der Waals surface area contributed by atoms with Gasteiger partial charge in [0.1, 0.15) is 0 Å². The Morgan fingerprint density at radius 2 is 1.05 bits per heavy atom. The third-order valence-corrected chi connectivity index (χ3v) is 4.75. The van der Waals surface area contributed by atoms with Crippen LogP contribution in [0.4, 0.5) is 0 Å². The molecule has 3 nitrogen and oxygen atoms in total. The van der Waals surface area contributed by atoms with Crippen molar-refractivity contribution in [1.29, 1.82) is 0 Å². The second kappa shape index (κ2) is 8.23. The maximum Gasteiger partial charge on any atom is 0.0619 e. The van der Waals surface area contributed by atoms with Crippen LogP contribution < -0.4 is 0 Å². The summed E-state index contributed by atoms with van der Waals surface area (Å²) in [4.78, 5) is 5.18. The molecule has 2 rings (SSSR count). The lowest BCUT2D eigenvalue weighted by Gasteiger charge is -2.34. The Kier molecular flexibility index (Phi) is 6.62. The van der Waals surface area contributed by atoms with E-state index in [1.54, 1.807) is 0 Å². The van der Waals surface area contributed by atoms with Gasteiger partial charge in [-0.2, -0.15) is 0 Å². The van der Waals surface area contributed by atoms with Gasteiger partial charge in [-0.15, -0.1) is 0 Å². The van der Waals surface area contributed by atoms with Crippen molar-refractivity contribution >= 4 is 0 Å². The molecule has 2 heterocycles. The minimum atomic E-state index is 0.592. The molecule has 0 aliphatic carbocycles. The lowest BCUT2D eigenvalue weighted by Crippen LogP contribution is -2.42. The molecular weight excluding hydrogens is 236 g/mol. The fourth-order valence-electron chi connectivity index (χ4n) is 3.34.